The van der Waals surface area contributed by atoms with Crippen LogP contribution in [0.5, 0.6) is 5.75 Å². The molecule has 3 rings (SSSR count). The summed E-state index contributed by atoms with van der Waals surface area (Å²) in [5.74, 6) is 0.270. The molecule has 5 nitrogen and oxygen atoms in total. The van der Waals surface area contributed by atoms with Gasteiger partial charge >= 0.3 is 0 Å². The first-order chi connectivity index (χ1) is 10.2. The Labute approximate surface area is 124 Å². The smallest absolute Gasteiger partial charge is 0.251 e. The minimum Gasteiger partial charge on any atom is -0.497 e. The van der Waals surface area contributed by atoms with E-state index in [0.717, 1.165) is 31.4 Å². The average molecular weight is 291 g/mol. The molecule has 1 heterocycles. The molecule has 1 aromatic carbocycles. The summed E-state index contributed by atoms with van der Waals surface area (Å²) in [6.07, 6.45) is 4.20. The number of carbonyl (C=O) groups is 1. The molecule has 0 aromatic heterocycles. The molecule has 21 heavy (non-hydrogen) atoms. The van der Waals surface area contributed by atoms with Crippen molar-refractivity contribution in [3.8, 4) is 5.75 Å². The predicted molar refractivity (Wildman–Crippen MR) is 77.4 cm³/mol. The van der Waals surface area contributed by atoms with E-state index in [0.29, 0.717) is 18.7 Å². The topological polar surface area (TPSA) is 56.8 Å². The van der Waals surface area contributed by atoms with Crippen molar-refractivity contribution in [2.45, 2.75) is 37.6 Å². The van der Waals surface area contributed by atoms with Crippen LogP contribution in [0, 0.1) is 0 Å². The van der Waals surface area contributed by atoms with Gasteiger partial charge in [0.25, 0.3) is 5.91 Å². The molecule has 1 amide bonds. The van der Waals surface area contributed by atoms with Gasteiger partial charge in [-0.2, -0.15) is 0 Å². The van der Waals surface area contributed by atoms with Crippen LogP contribution >= 0.6 is 0 Å². The van der Waals surface area contributed by atoms with Gasteiger partial charge in [-0.05, 0) is 37.1 Å². The number of hydrogen-bond donors (Lipinski definition) is 1. The second-order valence-corrected chi connectivity index (χ2v) is 5.61. The zero-order valence-corrected chi connectivity index (χ0v) is 12.3. The molecule has 1 aromatic rings. The van der Waals surface area contributed by atoms with Gasteiger partial charge in [-0.3, -0.25) is 4.79 Å². The quantitative estimate of drug-likeness (QED) is 0.923. The fourth-order valence-electron chi connectivity index (χ4n) is 2.94. The number of benzene rings is 1. The predicted octanol–water partition coefficient (Wildman–Crippen LogP) is 2.11. The molecule has 1 atom stereocenters. The number of nitrogens with one attached hydrogen (secondary N) is 1. The van der Waals surface area contributed by atoms with Crippen molar-refractivity contribution in [3.63, 3.8) is 0 Å². The Morgan fingerprint density at radius 3 is 2.71 bits per heavy atom. The highest BCUT2D eigenvalue weighted by molar-refractivity contribution is 5.94. The van der Waals surface area contributed by atoms with Gasteiger partial charge in [0.1, 0.15) is 11.9 Å². The van der Waals surface area contributed by atoms with E-state index in [4.69, 9.17) is 14.2 Å². The van der Waals surface area contributed by atoms with E-state index < -0.39 is 0 Å². The van der Waals surface area contributed by atoms with Crippen molar-refractivity contribution in [2.75, 3.05) is 20.3 Å². The first-order valence-electron chi connectivity index (χ1n) is 7.45. The SMILES string of the molecule is COc1ccc(C(=O)NC[C@H]2COC3(CCCC3)O2)cc1. The van der Waals surface area contributed by atoms with E-state index in [-0.39, 0.29) is 17.8 Å². The number of amides is 1. The molecule has 114 valence electrons. The van der Waals surface area contributed by atoms with Crippen LogP contribution in [0.25, 0.3) is 0 Å². The van der Waals surface area contributed by atoms with Crippen molar-refractivity contribution in [1.82, 2.24) is 5.32 Å². The van der Waals surface area contributed by atoms with E-state index in [1.807, 2.05) is 0 Å². The molecule has 2 fully saturated rings. The summed E-state index contributed by atoms with van der Waals surface area (Å²) in [4.78, 5) is 12.1. The largest absolute Gasteiger partial charge is 0.497 e. The fraction of sp³-hybridized carbons (Fsp3) is 0.562. The lowest BCUT2D eigenvalue weighted by atomic mass is 10.2. The molecular weight excluding hydrogens is 270 g/mol. The van der Waals surface area contributed by atoms with Gasteiger partial charge in [-0.1, -0.05) is 0 Å². The normalized spacial score (nSPS) is 23.4. The third-order valence-corrected chi connectivity index (χ3v) is 4.12. The Morgan fingerprint density at radius 1 is 1.33 bits per heavy atom. The van der Waals surface area contributed by atoms with E-state index in [9.17, 15) is 4.79 Å². The lowest BCUT2D eigenvalue weighted by Crippen LogP contribution is -2.35. The second kappa shape index (κ2) is 6.03. The molecule has 2 aliphatic rings. The minimum atomic E-state index is -0.366. The van der Waals surface area contributed by atoms with Crippen LogP contribution in [0.2, 0.25) is 0 Å². The zero-order valence-electron chi connectivity index (χ0n) is 12.3. The van der Waals surface area contributed by atoms with Crippen LogP contribution in [-0.2, 0) is 9.47 Å². The molecule has 5 heteroatoms. The van der Waals surface area contributed by atoms with Gasteiger partial charge < -0.3 is 19.5 Å². The molecule has 1 aliphatic heterocycles. The summed E-state index contributed by atoms with van der Waals surface area (Å²) >= 11 is 0. The van der Waals surface area contributed by atoms with Crippen LogP contribution < -0.4 is 10.1 Å². The van der Waals surface area contributed by atoms with Crippen LogP contribution in [0.4, 0.5) is 0 Å². The molecule has 0 radical (unpaired) electrons. The summed E-state index contributed by atoms with van der Waals surface area (Å²) in [7, 11) is 1.60. The number of rotatable bonds is 4. The van der Waals surface area contributed by atoms with Crippen molar-refractivity contribution in [2.24, 2.45) is 0 Å². The Bertz CT molecular complexity index is 494. The van der Waals surface area contributed by atoms with Crippen molar-refractivity contribution < 1.29 is 19.0 Å². The zero-order chi connectivity index (χ0) is 14.7. The Morgan fingerprint density at radius 2 is 2.05 bits per heavy atom. The molecular formula is C16H21NO4. The van der Waals surface area contributed by atoms with Crippen LogP contribution in [0.1, 0.15) is 36.0 Å². The lowest BCUT2D eigenvalue weighted by molar-refractivity contribution is -0.161. The van der Waals surface area contributed by atoms with Crippen molar-refractivity contribution in [3.05, 3.63) is 29.8 Å². The van der Waals surface area contributed by atoms with Crippen LogP contribution in [0.3, 0.4) is 0 Å². The van der Waals surface area contributed by atoms with Crippen molar-refractivity contribution >= 4 is 5.91 Å². The third kappa shape index (κ3) is 3.19. The van der Waals surface area contributed by atoms with E-state index >= 15 is 0 Å². The summed E-state index contributed by atoms with van der Waals surface area (Å²) in [6, 6.07) is 7.05. The first-order valence-corrected chi connectivity index (χ1v) is 7.45. The number of carbonyl (C=O) groups excluding carboxylic acids is 1. The van der Waals surface area contributed by atoms with Gasteiger partial charge in [0.2, 0.25) is 0 Å². The molecule has 1 saturated heterocycles. The summed E-state index contributed by atoms with van der Waals surface area (Å²) < 4.78 is 16.8. The molecule has 1 saturated carbocycles. The molecule has 0 bridgehead atoms. The maximum absolute atomic E-state index is 12.1. The number of hydrogen-bond acceptors (Lipinski definition) is 4. The van der Waals surface area contributed by atoms with Crippen molar-refractivity contribution in [1.29, 1.82) is 0 Å². The lowest BCUT2D eigenvalue weighted by Gasteiger charge is -2.21. The first kappa shape index (κ1) is 14.4. The Balaban J connectivity index is 1.49. The highest BCUT2D eigenvalue weighted by Crippen LogP contribution is 2.38. The average Bonchev–Trinajstić information content (AvgIpc) is 3.15. The van der Waals surface area contributed by atoms with E-state index in [2.05, 4.69) is 5.32 Å². The highest BCUT2D eigenvalue weighted by Gasteiger charge is 2.43. The highest BCUT2D eigenvalue weighted by atomic mass is 16.7. The minimum absolute atomic E-state index is 0.0506. The van der Waals surface area contributed by atoms with Crippen LogP contribution in [-0.4, -0.2) is 38.1 Å². The number of ether oxygens (including phenoxy) is 3. The van der Waals surface area contributed by atoms with Gasteiger partial charge in [0.05, 0.1) is 13.7 Å². The van der Waals surface area contributed by atoms with Gasteiger partial charge in [0.15, 0.2) is 5.79 Å². The molecule has 1 aliphatic carbocycles. The summed E-state index contributed by atoms with van der Waals surface area (Å²) in [6.45, 7) is 1.04. The molecule has 1 spiro atoms. The molecule has 1 N–H and O–H groups in total. The molecule has 0 unspecified atom stereocenters. The summed E-state index contributed by atoms with van der Waals surface area (Å²) in [5, 5.41) is 2.90. The monoisotopic (exact) mass is 291 g/mol. The Kier molecular flexibility index (Phi) is 4.12. The van der Waals surface area contributed by atoms with Gasteiger partial charge in [-0.25, -0.2) is 0 Å². The van der Waals surface area contributed by atoms with Gasteiger partial charge in [0, 0.05) is 24.9 Å². The summed E-state index contributed by atoms with van der Waals surface area (Å²) in [5.41, 5.74) is 0.616. The standard InChI is InChI=1S/C16H21NO4/c1-19-13-6-4-12(5-7-13)15(18)17-10-14-11-20-16(21-14)8-2-3-9-16/h4-7,14H,2-3,8-11H2,1H3,(H,17,18)/t14-/m0/s1. The van der Waals surface area contributed by atoms with Gasteiger partial charge in [-0.15, -0.1) is 0 Å². The number of methoxy groups -OCH3 is 1. The van der Waals surface area contributed by atoms with E-state index in [1.165, 1.54) is 0 Å². The fourth-order valence-corrected chi connectivity index (χ4v) is 2.94. The maximum atomic E-state index is 12.1. The maximum Gasteiger partial charge on any atom is 0.251 e. The third-order valence-electron chi connectivity index (χ3n) is 4.12. The second-order valence-electron chi connectivity index (χ2n) is 5.61. The van der Waals surface area contributed by atoms with E-state index in [1.54, 1.807) is 31.4 Å². The Hall–Kier alpha value is -1.59. The van der Waals surface area contributed by atoms with Crippen LogP contribution in [0.15, 0.2) is 24.3 Å².